The second kappa shape index (κ2) is 10.6. The van der Waals surface area contributed by atoms with Gasteiger partial charge in [-0.15, -0.1) is 11.3 Å². The predicted molar refractivity (Wildman–Crippen MR) is 124 cm³/mol. The highest BCUT2D eigenvalue weighted by atomic mass is 32.1. The zero-order valence-corrected chi connectivity index (χ0v) is 19.3. The van der Waals surface area contributed by atoms with Crippen LogP contribution in [0.15, 0.2) is 18.2 Å². The van der Waals surface area contributed by atoms with Crippen molar-refractivity contribution in [3.8, 4) is 11.5 Å². The van der Waals surface area contributed by atoms with Crippen LogP contribution >= 0.6 is 23.6 Å². The third kappa shape index (κ3) is 5.23. The number of esters is 1. The van der Waals surface area contributed by atoms with E-state index in [-0.39, 0.29) is 5.97 Å². The number of fused-ring (bicyclic) bond motifs is 1. The van der Waals surface area contributed by atoms with E-state index in [2.05, 4.69) is 10.6 Å². The van der Waals surface area contributed by atoms with Gasteiger partial charge in [-0.05, 0) is 61.2 Å². The molecule has 1 aliphatic carbocycles. The Balaban J connectivity index is 1.73. The van der Waals surface area contributed by atoms with Crippen molar-refractivity contribution in [2.24, 2.45) is 0 Å². The first-order valence-electron chi connectivity index (χ1n) is 10.1. The number of benzene rings is 1. The molecule has 162 valence electrons. The van der Waals surface area contributed by atoms with E-state index in [0.717, 1.165) is 41.8 Å². The normalized spacial score (nSPS) is 13.4. The Morgan fingerprint density at radius 2 is 1.80 bits per heavy atom. The molecule has 1 aliphatic rings. The van der Waals surface area contributed by atoms with Gasteiger partial charge >= 0.3 is 5.97 Å². The fourth-order valence-corrected chi connectivity index (χ4v) is 5.17. The second-order valence-corrected chi connectivity index (χ2v) is 8.62. The van der Waals surface area contributed by atoms with E-state index in [0.29, 0.717) is 28.7 Å². The van der Waals surface area contributed by atoms with E-state index in [4.69, 9.17) is 26.4 Å². The van der Waals surface area contributed by atoms with Gasteiger partial charge in [-0.1, -0.05) is 18.9 Å². The molecule has 1 aromatic heterocycles. The van der Waals surface area contributed by atoms with Gasteiger partial charge in [0.2, 0.25) is 0 Å². The van der Waals surface area contributed by atoms with Gasteiger partial charge in [-0.25, -0.2) is 4.79 Å². The number of rotatable bonds is 6. The van der Waals surface area contributed by atoms with Crippen LogP contribution in [0, 0.1) is 0 Å². The fraction of sp³-hybridized carbons (Fsp3) is 0.455. The number of anilines is 1. The summed E-state index contributed by atoms with van der Waals surface area (Å²) in [5, 5.41) is 7.66. The lowest BCUT2D eigenvalue weighted by Crippen LogP contribution is -2.28. The minimum Gasteiger partial charge on any atom is -0.493 e. The summed E-state index contributed by atoms with van der Waals surface area (Å²) in [7, 11) is 4.64. The summed E-state index contributed by atoms with van der Waals surface area (Å²) < 4.78 is 15.7. The van der Waals surface area contributed by atoms with Gasteiger partial charge in [-0.2, -0.15) is 0 Å². The van der Waals surface area contributed by atoms with Gasteiger partial charge in [0.25, 0.3) is 0 Å². The van der Waals surface area contributed by atoms with Crippen molar-refractivity contribution in [3.63, 3.8) is 0 Å². The highest BCUT2D eigenvalue weighted by molar-refractivity contribution is 7.80. The molecule has 3 rings (SSSR count). The number of hydrogen-bond donors (Lipinski definition) is 2. The monoisotopic (exact) mass is 448 g/mol. The summed E-state index contributed by atoms with van der Waals surface area (Å²) in [5.74, 6) is 1.04. The fourth-order valence-electron chi connectivity index (χ4n) is 3.65. The smallest absolute Gasteiger partial charge is 0.341 e. The van der Waals surface area contributed by atoms with Crippen molar-refractivity contribution in [2.45, 2.75) is 45.1 Å². The molecule has 8 heteroatoms. The number of thiophene rings is 1. The maximum atomic E-state index is 12.5. The van der Waals surface area contributed by atoms with Crippen molar-refractivity contribution in [3.05, 3.63) is 39.8 Å². The van der Waals surface area contributed by atoms with Crippen molar-refractivity contribution in [1.29, 1.82) is 0 Å². The number of hydrogen-bond acceptors (Lipinski definition) is 6. The Bertz CT molecular complexity index is 911. The summed E-state index contributed by atoms with van der Waals surface area (Å²) in [6, 6.07) is 5.72. The molecule has 2 N–H and O–H groups in total. The number of carbonyl (C=O) groups excluding carboxylic acids is 1. The Hall–Kier alpha value is -2.32. The van der Waals surface area contributed by atoms with E-state index in [1.807, 2.05) is 18.2 Å². The summed E-state index contributed by atoms with van der Waals surface area (Å²) in [4.78, 5) is 13.8. The molecule has 0 saturated heterocycles. The van der Waals surface area contributed by atoms with Crippen LogP contribution in [0.4, 0.5) is 5.00 Å². The largest absolute Gasteiger partial charge is 0.493 e. The Morgan fingerprint density at radius 3 is 2.50 bits per heavy atom. The van der Waals surface area contributed by atoms with Crippen LogP contribution in [-0.2, 0) is 24.1 Å². The minimum atomic E-state index is -0.307. The lowest BCUT2D eigenvalue weighted by Gasteiger charge is -2.13. The maximum Gasteiger partial charge on any atom is 0.341 e. The van der Waals surface area contributed by atoms with Crippen LogP contribution in [-0.4, -0.2) is 32.4 Å². The van der Waals surface area contributed by atoms with Crippen LogP contribution < -0.4 is 20.1 Å². The molecule has 30 heavy (non-hydrogen) atoms. The Labute approximate surface area is 186 Å². The summed E-state index contributed by atoms with van der Waals surface area (Å²) in [5.41, 5.74) is 2.76. The number of aryl methyl sites for hydroxylation is 1. The van der Waals surface area contributed by atoms with Crippen LogP contribution in [0.25, 0.3) is 0 Å². The third-order valence-electron chi connectivity index (χ3n) is 5.19. The first-order chi connectivity index (χ1) is 14.6. The molecule has 0 fully saturated rings. The molecule has 0 atom stereocenters. The topological polar surface area (TPSA) is 68.8 Å². The zero-order valence-electron chi connectivity index (χ0n) is 17.6. The van der Waals surface area contributed by atoms with Gasteiger partial charge in [-0.3, -0.25) is 0 Å². The molecular formula is C22H28N2O4S2. The molecular weight excluding hydrogens is 420 g/mol. The van der Waals surface area contributed by atoms with Crippen LogP contribution in [0.5, 0.6) is 11.5 Å². The molecule has 0 aliphatic heterocycles. The number of carbonyl (C=O) groups is 1. The number of nitrogens with one attached hydrogen (secondary N) is 2. The Morgan fingerprint density at radius 1 is 1.07 bits per heavy atom. The molecule has 1 heterocycles. The molecule has 0 unspecified atom stereocenters. The second-order valence-electron chi connectivity index (χ2n) is 7.11. The molecule has 0 radical (unpaired) electrons. The van der Waals surface area contributed by atoms with E-state index < -0.39 is 0 Å². The summed E-state index contributed by atoms with van der Waals surface area (Å²) >= 11 is 7.11. The maximum absolute atomic E-state index is 12.5. The number of thiocarbonyl (C=S) groups is 1. The molecule has 0 bridgehead atoms. The summed E-state index contributed by atoms with van der Waals surface area (Å²) in [6.07, 6.45) is 6.58. The van der Waals surface area contributed by atoms with Crippen LogP contribution in [0.1, 0.15) is 52.0 Å². The highest BCUT2D eigenvalue weighted by Crippen LogP contribution is 2.37. The van der Waals surface area contributed by atoms with Crippen molar-refractivity contribution in [1.82, 2.24) is 5.32 Å². The molecule has 1 aromatic carbocycles. The third-order valence-corrected chi connectivity index (χ3v) is 6.64. The van der Waals surface area contributed by atoms with Gasteiger partial charge in [0.15, 0.2) is 16.6 Å². The number of ether oxygens (including phenoxy) is 3. The molecule has 0 spiro atoms. The molecule has 0 saturated carbocycles. The average molecular weight is 449 g/mol. The van der Waals surface area contributed by atoms with Crippen molar-refractivity contribution in [2.75, 3.05) is 26.6 Å². The van der Waals surface area contributed by atoms with Crippen molar-refractivity contribution >= 4 is 39.6 Å². The van der Waals surface area contributed by atoms with Gasteiger partial charge in [0.05, 0.1) is 26.9 Å². The zero-order chi connectivity index (χ0) is 21.5. The lowest BCUT2D eigenvalue weighted by atomic mass is 9.96. The SMILES string of the molecule is COC(=O)c1c(NC(=S)NCc2ccc(OC)c(OC)c2)sc2c1CCCCCC2. The van der Waals surface area contributed by atoms with Crippen molar-refractivity contribution < 1.29 is 19.0 Å². The molecule has 6 nitrogen and oxygen atoms in total. The van der Waals surface area contributed by atoms with E-state index in [9.17, 15) is 4.79 Å². The first kappa shape index (κ1) is 22.4. The Kier molecular flexibility index (Phi) is 7.93. The highest BCUT2D eigenvalue weighted by Gasteiger charge is 2.25. The average Bonchev–Trinajstić information content (AvgIpc) is 3.07. The van der Waals surface area contributed by atoms with E-state index in [1.165, 1.54) is 24.8 Å². The van der Waals surface area contributed by atoms with E-state index in [1.54, 1.807) is 25.6 Å². The quantitative estimate of drug-likeness (QED) is 0.490. The lowest BCUT2D eigenvalue weighted by molar-refractivity contribution is 0.0601. The summed E-state index contributed by atoms with van der Waals surface area (Å²) in [6.45, 7) is 0.519. The van der Waals surface area contributed by atoms with Gasteiger partial charge in [0, 0.05) is 11.4 Å². The predicted octanol–water partition coefficient (Wildman–Crippen LogP) is 4.70. The van der Waals surface area contributed by atoms with Gasteiger partial charge in [0.1, 0.15) is 5.00 Å². The first-order valence-corrected chi connectivity index (χ1v) is 11.3. The number of methoxy groups -OCH3 is 3. The van der Waals surface area contributed by atoms with Gasteiger partial charge < -0.3 is 24.8 Å². The minimum absolute atomic E-state index is 0.307. The van der Waals surface area contributed by atoms with E-state index >= 15 is 0 Å². The molecule has 0 amide bonds. The van der Waals surface area contributed by atoms with Crippen LogP contribution in [0.3, 0.4) is 0 Å². The molecule has 2 aromatic rings. The van der Waals surface area contributed by atoms with Crippen LogP contribution in [0.2, 0.25) is 0 Å². The standard InChI is InChI=1S/C22H28N2O4S2/c1-26-16-11-10-14(12-17(16)27-2)13-23-22(29)24-20-19(21(25)28-3)15-8-6-4-5-7-9-18(15)30-20/h10-12H,4-9,13H2,1-3H3,(H2,23,24,29).